The van der Waals surface area contributed by atoms with Crippen LogP contribution in [0.5, 0.6) is 5.88 Å². The second-order valence-electron chi connectivity index (χ2n) is 3.64. The van der Waals surface area contributed by atoms with Gasteiger partial charge in [-0.05, 0) is 23.8 Å². The first-order valence-corrected chi connectivity index (χ1v) is 6.59. The summed E-state index contributed by atoms with van der Waals surface area (Å²) in [7, 11) is 0. The fraction of sp³-hybridized carbons (Fsp3) is 0.0833. The van der Waals surface area contributed by atoms with Crippen LogP contribution >= 0.6 is 23.4 Å². The Morgan fingerprint density at radius 1 is 1.37 bits per heavy atom. The first-order chi connectivity index (χ1) is 9.08. The lowest BCUT2D eigenvalue weighted by molar-refractivity contribution is 0.446. The van der Waals surface area contributed by atoms with Crippen molar-refractivity contribution < 1.29 is 5.11 Å². The Kier molecular flexibility index (Phi) is 4.10. The molecule has 1 aromatic heterocycles. The summed E-state index contributed by atoms with van der Waals surface area (Å²) in [6, 6.07) is 8.36. The van der Waals surface area contributed by atoms with Crippen LogP contribution < -0.4 is 5.73 Å². The summed E-state index contributed by atoms with van der Waals surface area (Å²) in [5, 5.41) is 19.1. The molecule has 2 aromatic rings. The van der Waals surface area contributed by atoms with Gasteiger partial charge in [-0.2, -0.15) is 10.2 Å². The molecule has 0 amide bonds. The number of benzene rings is 1. The number of anilines is 1. The Morgan fingerprint density at radius 3 is 2.84 bits per heavy atom. The van der Waals surface area contributed by atoms with Crippen molar-refractivity contribution in [1.29, 1.82) is 5.26 Å². The first kappa shape index (κ1) is 13.5. The molecule has 1 heterocycles. The summed E-state index contributed by atoms with van der Waals surface area (Å²) in [6.07, 6.45) is 0. The van der Waals surface area contributed by atoms with Crippen LogP contribution in [-0.2, 0) is 5.75 Å². The van der Waals surface area contributed by atoms with Gasteiger partial charge in [0, 0.05) is 16.8 Å². The highest BCUT2D eigenvalue weighted by atomic mass is 35.5. The number of thioether (sulfide) groups is 1. The van der Waals surface area contributed by atoms with E-state index in [1.165, 1.54) is 17.8 Å². The van der Waals surface area contributed by atoms with E-state index in [9.17, 15) is 5.11 Å². The monoisotopic (exact) mass is 292 g/mol. The molecule has 19 heavy (non-hydrogen) atoms. The zero-order chi connectivity index (χ0) is 13.8. The van der Waals surface area contributed by atoms with Crippen LogP contribution in [0.4, 0.5) is 5.82 Å². The summed E-state index contributed by atoms with van der Waals surface area (Å²) in [4.78, 5) is 7.82. The third-order valence-electron chi connectivity index (χ3n) is 2.24. The molecule has 96 valence electrons. The second kappa shape index (κ2) is 5.78. The quantitative estimate of drug-likeness (QED) is 0.667. The van der Waals surface area contributed by atoms with Crippen molar-refractivity contribution >= 4 is 29.2 Å². The summed E-state index contributed by atoms with van der Waals surface area (Å²) < 4.78 is 0. The molecule has 0 bridgehead atoms. The second-order valence-corrected chi connectivity index (χ2v) is 4.99. The fourth-order valence-electron chi connectivity index (χ4n) is 1.39. The minimum absolute atomic E-state index is 0.174. The van der Waals surface area contributed by atoms with Gasteiger partial charge in [0.1, 0.15) is 5.82 Å². The molecule has 5 nitrogen and oxygen atoms in total. The average molecular weight is 293 g/mol. The van der Waals surface area contributed by atoms with Crippen molar-refractivity contribution in [3.63, 3.8) is 0 Å². The third-order valence-corrected chi connectivity index (χ3v) is 3.51. The van der Waals surface area contributed by atoms with E-state index < -0.39 is 0 Å². The number of nitrogen functional groups attached to an aromatic ring is 1. The van der Waals surface area contributed by atoms with Gasteiger partial charge in [0.05, 0.1) is 11.6 Å². The Labute approximate surface area is 119 Å². The van der Waals surface area contributed by atoms with Crippen molar-refractivity contribution in [3.8, 4) is 11.9 Å². The zero-order valence-electron chi connectivity index (χ0n) is 9.67. The Morgan fingerprint density at radius 2 is 2.16 bits per heavy atom. The van der Waals surface area contributed by atoms with Gasteiger partial charge >= 0.3 is 0 Å². The van der Waals surface area contributed by atoms with Gasteiger partial charge in [0.2, 0.25) is 5.88 Å². The van der Waals surface area contributed by atoms with Crippen LogP contribution in [0.15, 0.2) is 29.4 Å². The molecule has 7 heteroatoms. The van der Waals surface area contributed by atoms with Crippen molar-refractivity contribution in [3.05, 3.63) is 40.4 Å². The molecule has 0 aliphatic rings. The summed E-state index contributed by atoms with van der Waals surface area (Å²) in [5.74, 6) is 0.510. The fourth-order valence-corrected chi connectivity index (χ4v) is 2.51. The Hall–Kier alpha value is -1.97. The molecule has 1 aromatic carbocycles. The summed E-state index contributed by atoms with van der Waals surface area (Å²) >= 11 is 7.32. The van der Waals surface area contributed by atoms with E-state index in [0.717, 1.165) is 5.56 Å². The normalized spacial score (nSPS) is 10.1. The molecule has 0 aliphatic carbocycles. The maximum atomic E-state index is 9.31. The van der Waals surface area contributed by atoms with Gasteiger partial charge in [-0.1, -0.05) is 23.4 Å². The van der Waals surface area contributed by atoms with Crippen molar-refractivity contribution in [2.45, 2.75) is 10.9 Å². The lowest BCUT2D eigenvalue weighted by Gasteiger charge is -2.04. The molecule has 0 saturated heterocycles. The Bertz CT molecular complexity index is 636. The summed E-state index contributed by atoms with van der Waals surface area (Å²) in [5.41, 5.74) is 6.85. The predicted molar refractivity (Wildman–Crippen MR) is 73.8 cm³/mol. The highest BCUT2D eigenvalue weighted by Gasteiger charge is 2.06. The van der Waals surface area contributed by atoms with E-state index in [1.807, 2.05) is 0 Å². The highest BCUT2D eigenvalue weighted by molar-refractivity contribution is 7.98. The van der Waals surface area contributed by atoms with Crippen molar-refractivity contribution in [1.82, 2.24) is 9.97 Å². The van der Waals surface area contributed by atoms with Gasteiger partial charge in [0.15, 0.2) is 5.16 Å². The number of nitrogens with zero attached hydrogens (tertiary/aromatic N) is 3. The van der Waals surface area contributed by atoms with E-state index in [0.29, 0.717) is 21.5 Å². The van der Waals surface area contributed by atoms with Gasteiger partial charge < -0.3 is 10.8 Å². The lowest BCUT2D eigenvalue weighted by atomic mass is 10.1. The minimum Gasteiger partial charge on any atom is -0.493 e. The molecular weight excluding hydrogens is 284 g/mol. The van der Waals surface area contributed by atoms with Crippen LogP contribution in [0.25, 0.3) is 0 Å². The number of rotatable bonds is 3. The zero-order valence-corrected chi connectivity index (χ0v) is 11.2. The van der Waals surface area contributed by atoms with E-state index >= 15 is 0 Å². The van der Waals surface area contributed by atoms with Crippen LogP contribution in [0.3, 0.4) is 0 Å². The standard InChI is InChI=1S/C12H9ClN4OS/c13-9-2-1-7(5-14)3-8(9)6-19-12-16-10(15)4-11(18)17-12/h1-4H,6H2,(H3,15,16,17,18). The number of aromatic hydroxyl groups is 1. The van der Waals surface area contributed by atoms with Crippen molar-refractivity contribution in [2.75, 3.05) is 5.73 Å². The minimum atomic E-state index is -0.174. The molecule has 3 N–H and O–H groups in total. The molecule has 0 saturated carbocycles. The van der Waals surface area contributed by atoms with Gasteiger partial charge in [-0.3, -0.25) is 0 Å². The number of halogens is 1. The number of nitriles is 1. The van der Waals surface area contributed by atoms with Gasteiger partial charge in [-0.15, -0.1) is 0 Å². The largest absolute Gasteiger partial charge is 0.493 e. The van der Waals surface area contributed by atoms with Crippen LogP contribution in [0, 0.1) is 11.3 Å². The predicted octanol–water partition coefficient (Wildman–Crippen LogP) is 2.58. The molecule has 0 fully saturated rings. The number of aromatic nitrogens is 2. The maximum absolute atomic E-state index is 9.31. The smallest absolute Gasteiger partial charge is 0.216 e. The van der Waals surface area contributed by atoms with E-state index in [4.69, 9.17) is 22.6 Å². The van der Waals surface area contributed by atoms with E-state index in [2.05, 4.69) is 16.0 Å². The lowest BCUT2D eigenvalue weighted by Crippen LogP contribution is -1.95. The summed E-state index contributed by atoms with van der Waals surface area (Å²) in [6.45, 7) is 0. The maximum Gasteiger partial charge on any atom is 0.216 e. The molecule has 0 aliphatic heterocycles. The molecule has 0 unspecified atom stereocenters. The number of hydrogen-bond donors (Lipinski definition) is 2. The Balaban J connectivity index is 2.16. The van der Waals surface area contributed by atoms with Crippen molar-refractivity contribution in [2.24, 2.45) is 0 Å². The van der Waals surface area contributed by atoms with Crippen LogP contribution in [-0.4, -0.2) is 15.1 Å². The van der Waals surface area contributed by atoms with E-state index in [-0.39, 0.29) is 11.7 Å². The third kappa shape index (κ3) is 3.50. The number of nitrogens with two attached hydrogens (primary N) is 1. The van der Waals surface area contributed by atoms with Crippen LogP contribution in [0.2, 0.25) is 5.02 Å². The SMILES string of the molecule is N#Cc1ccc(Cl)c(CSc2nc(N)cc(O)n2)c1. The molecule has 2 rings (SSSR count). The number of hydrogen-bond acceptors (Lipinski definition) is 6. The molecule has 0 spiro atoms. The highest BCUT2D eigenvalue weighted by Crippen LogP contribution is 2.26. The van der Waals surface area contributed by atoms with Crippen LogP contribution in [0.1, 0.15) is 11.1 Å². The molecule has 0 atom stereocenters. The average Bonchev–Trinajstić information content (AvgIpc) is 2.37. The molecular formula is C12H9ClN4OS. The van der Waals surface area contributed by atoms with Gasteiger partial charge in [0.25, 0.3) is 0 Å². The van der Waals surface area contributed by atoms with E-state index in [1.54, 1.807) is 18.2 Å². The topological polar surface area (TPSA) is 95.8 Å². The van der Waals surface area contributed by atoms with Gasteiger partial charge in [-0.25, -0.2) is 4.98 Å². The first-order valence-electron chi connectivity index (χ1n) is 5.23. The molecule has 0 radical (unpaired) electrons.